The minimum absolute atomic E-state index is 0.191. The number of likely N-dealkylation sites (N-methyl/N-ethyl adjacent to an activating group) is 1. The molecule has 1 N–H and O–H groups in total. The summed E-state index contributed by atoms with van der Waals surface area (Å²) in [6.07, 6.45) is 1.42. The van der Waals surface area contributed by atoms with Crippen LogP contribution in [0, 0.1) is 0 Å². The second-order valence-corrected chi connectivity index (χ2v) is 9.78. The molecule has 0 radical (unpaired) electrons. The lowest BCUT2D eigenvalue weighted by atomic mass is 9.82. The average molecular weight is 520 g/mol. The molecule has 9 nitrogen and oxygen atoms in total. The van der Waals surface area contributed by atoms with Gasteiger partial charge in [0.15, 0.2) is 5.54 Å². The van der Waals surface area contributed by atoms with Crippen molar-refractivity contribution in [2.45, 2.75) is 25.3 Å². The number of para-hydroxylation sites is 1. The highest BCUT2D eigenvalue weighted by Crippen LogP contribution is 2.53. The lowest BCUT2D eigenvalue weighted by Gasteiger charge is -2.35. The summed E-state index contributed by atoms with van der Waals surface area (Å²) in [6.45, 7) is 6.37. The van der Waals surface area contributed by atoms with E-state index in [1.54, 1.807) is 55.6 Å². The molecule has 0 saturated carbocycles. The number of anilines is 1. The number of aliphatic hydroxyl groups excluding tert-OH is 1. The van der Waals surface area contributed by atoms with Gasteiger partial charge in [-0.3, -0.25) is 19.3 Å². The van der Waals surface area contributed by atoms with E-state index in [2.05, 4.69) is 4.90 Å². The van der Waals surface area contributed by atoms with Crippen molar-refractivity contribution in [2.24, 2.45) is 0 Å². The Balaban J connectivity index is 1.58. The number of hydrogen-bond donors (Lipinski definition) is 1. The van der Waals surface area contributed by atoms with Crippen molar-refractivity contribution in [1.82, 2.24) is 9.80 Å². The molecular formula is C29H33N3O6. The van der Waals surface area contributed by atoms with E-state index in [9.17, 15) is 19.5 Å². The van der Waals surface area contributed by atoms with Crippen molar-refractivity contribution in [3.63, 3.8) is 0 Å². The molecule has 200 valence electrons. The van der Waals surface area contributed by atoms with Gasteiger partial charge in [0.05, 0.1) is 25.4 Å². The molecule has 2 aromatic carbocycles. The Hall–Kier alpha value is -3.69. The van der Waals surface area contributed by atoms with Gasteiger partial charge in [0.2, 0.25) is 0 Å². The van der Waals surface area contributed by atoms with Crippen molar-refractivity contribution in [3.8, 4) is 5.75 Å². The van der Waals surface area contributed by atoms with Gasteiger partial charge in [-0.05, 0) is 43.2 Å². The van der Waals surface area contributed by atoms with Gasteiger partial charge in [-0.2, -0.15) is 0 Å². The number of carbonyl (C=O) groups is 3. The number of nitrogens with zero attached hydrogens (tertiary/aromatic N) is 3. The smallest absolute Gasteiger partial charge is 0.296 e. The maximum atomic E-state index is 14.1. The Morgan fingerprint density at radius 1 is 1.03 bits per heavy atom. The zero-order valence-electron chi connectivity index (χ0n) is 21.8. The van der Waals surface area contributed by atoms with Crippen LogP contribution >= 0.6 is 0 Å². The molecule has 2 amide bonds. The molecule has 0 bridgehead atoms. The summed E-state index contributed by atoms with van der Waals surface area (Å²) in [4.78, 5) is 46.3. The van der Waals surface area contributed by atoms with Gasteiger partial charge < -0.3 is 24.4 Å². The van der Waals surface area contributed by atoms with Gasteiger partial charge in [-0.15, -0.1) is 0 Å². The number of benzene rings is 2. The Morgan fingerprint density at radius 3 is 2.45 bits per heavy atom. The summed E-state index contributed by atoms with van der Waals surface area (Å²) in [6, 6.07) is 13.8. The first-order valence-electron chi connectivity index (χ1n) is 13.1. The van der Waals surface area contributed by atoms with Crippen molar-refractivity contribution in [1.29, 1.82) is 0 Å². The van der Waals surface area contributed by atoms with E-state index in [0.717, 1.165) is 19.5 Å². The van der Waals surface area contributed by atoms with Crippen LogP contribution in [0.5, 0.6) is 5.75 Å². The lowest BCUT2D eigenvalue weighted by Crippen LogP contribution is -2.52. The third kappa shape index (κ3) is 4.16. The van der Waals surface area contributed by atoms with Crippen LogP contribution < -0.4 is 9.64 Å². The van der Waals surface area contributed by atoms with Crippen LogP contribution in [0.15, 0.2) is 54.1 Å². The molecule has 2 fully saturated rings. The Bertz CT molecular complexity index is 1270. The van der Waals surface area contributed by atoms with E-state index in [-0.39, 0.29) is 17.9 Å². The molecule has 3 heterocycles. The number of rotatable bonds is 8. The first-order chi connectivity index (χ1) is 18.4. The van der Waals surface area contributed by atoms with Crippen LogP contribution in [0.3, 0.4) is 0 Å². The topological polar surface area (TPSA) is 99.6 Å². The summed E-state index contributed by atoms with van der Waals surface area (Å²) in [5.74, 6) is -1.83. The summed E-state index contributed by atoms with van der Waals surface area (Å²) in [7, 11) is 1.63. The highest BCUT2D eigenvalue weighted by atomic mass is 16.5. The number of morpholine rings is 1. The molecule has 0 aromatic heterocycles. The van der Waals surface area contributed by atoms with E-state index in [4.69, 9.17) is 9.47 Å². The van der Waals surface area contributed by atoms with Crippen LogP contribution in [-0.2, 0) is 24.7 Å². The number of likely N-dealkylation sites (tertiary alicyclic amines) is 1. The van der Waals surface area contributed by atoms with Crippen LogP contribution in [0.25, 0.3) is 5.76 Å². The molecule has 9 heteroatoms. The molecule has 0 aliphatic carbocycles. The molecule has 5 rings (SSSR count). The van der Waals surface area contributed by atoms with Gasteiger partial charge in [-0.25, -0.2) is 0 Å². The quantitative estimate of drug-likeness (QED) is 0.325. The number of carbonyl (C=O) groups excluding carboxylic acids is 3. The summed E-state index contributed by atoms with van der Waals surface area (Å²) in [5, 5.41) is 11.5. The minimum Gasteiger partial charge on any atom is -0.507 e. The lowest BCUT2D eigenvalue weighted by molar-refractivity contribution is -0.143. The van der Waals surface area contributed by atoms with Crippen LogP contribution in [0.2, 0.25) is 0 Å². The minimum atomic E-state index is -1.73. The Kier molecular flexibility index (Phi) is 7.23. The normalized spacial score (nSPS) is 22.9. The summed E-state index contributed by atoms with van der Waals surface area (Å²) >= 11 is 0. The first-order valence-corrected chi connectivity index (χ1v) is 13.1. The second-order valence-electron chi connectivity index (χ2n) is 9.78. The number of ether oxygens (including phenoxy) is 2. The average Bonchev–Trinajstić information content (AvgIpc) is 3.31. The number of ketones is 1. The van der Waals surface area contributed by atoms with E-state index < -0.39 is 23.1 Å². The summed E-state index contributed by atoms with van der Waals surface area (Å²) < 4.78 is 11.1. The highest BCUT2D eigenvalue weighted by Gasteiger charge is 2.66. The number of Topliss-reactive ketones (excluding diaryl/α,β-unsaturated/α-hetero) is 1. The van der Waals surface area contributed by atoms with E-state index in [0.29, 0.717) is 55.4 Å². The third-order valence-electron chi connectivity index (χ3n) is 7.50. The molecule has 1 atom stereocenters. The molecule has 3 aliphatic heterocycles. The van der Waals surface area contributed by atoms with Crippen LogP contribution in [0.1, 0.15) is 30.9 Å². The van der Waals surface area contributed by atoms with E-state index in [1.807, 2.05) is 6.92 Å². The first kappa shape index (κ1) is 25.9. The molecule has 2 saturated heterocycles. The molecule has 1 spiro atoms. The highest BCUT2D eigenvalue weighted by molar-refractivity contribution is 6.50. The van der Waals surface area contributed by atoms with Crippen LogP contribution in [-0.4, -0.2) is 85.6 Å². The monoisotopic (exact) mass is 519 g/mol. The third-order valence-corrected chi connectivity index (χ3v) is 7.50. The fourth-order valence-electron chi connectivity index (χ4n) is 5.62. The molecule has 3 aliphatic rings. The largest absolute Gasteiger partial charge is 0.507 e. The molecule has 38 heavy (non-hydrogen) atoms. The van der Waals surface area contributed by atoms with Crippen LogP contribution in [0.4, 0.5) is 5.69 Å². The van der Waals surface area contributed by atoms with Gasteiger partial charge in [-0.1, -0.05) is 25.1 Å². The van der Waals surface area contributed by atoms with Gasteiger partial charge in [0, 0.05) is 50.0 Å². The van der Waals surface area contributed by atoms with Gasteiger partial charge in [0.25, 0.3) is 17.6 Å². The number of hydrogen-bond acceptors (Lipinski definition) is 7. The van der Waals surface area contributed by atoms with Gasteiger partial charge >= 0.3 is 0 Å². The maximum absolute atomic E-state index is 14.1. The Labute approximate surface area is 222 Å². The van der Waals surface area contributed by atoms with E-state index in [1.165, 1.54) is 9.80 Å². The Morgan fingerprint density at radius 2 is 1.74 bits per heavy atom. The fourth-order valence-corrected chi connectivity index (χ4v) is 5.62. The fraction of sp³-hybridized carbons (Fsp3) is 0.414. The summed E-state index contributed by atoms with van der Waals surface area (Å²) in [5.41, 5.74) is -0.474. The number of fused-ring (bicyclic) bond motifs is 2. The zero-order chi connectivity index (χ0) is 26.9. The molecule has 1 unspecified atom stereocenters. The zero-order valence-corrected chi connectivity index (χ0v) is 21.8. The van der Waals surface area contributed by atoms with E-state index >= 15 is 0 Å². The van der Waals surface area contributed by atoms with Crippen molar-refractivity contribution < 1.29 is 29.0 Å². The molecular weight excluding hydrogens is 486 g/mol. The molecule has 2 aromatic rings. The standard InChI is InChI=1S/C29H33N3O6/c1-3-17-38-21-11-9-20(10-12-21)25(33)24-26(34)27(35)32(14-6-13-31-15-18-37-19-16-31)29(24)22-7-4-5-8-23(22)30(2)28(29)36/h4-5,7-12,33H,3,6,13-19H2,1-2H3/b25-24+. The number of amides is 2. The maximum Gasteiger partial charge on any atom is 0.296 e. The predicted molar refractivity (Wildman–Crippen MR) is 142 cm³/mol. The second kappa shape index (κ2) is 10.6. The number of aliphatic hydroxyl groups is 1. The van der Waals surface area contributed by atoms with Crippen molar-refractivity contribution in [3.05, 3.63) is 65.2 Å². The SMILES string of the molecule is CCCOc1ccc(/C(O)=C2/C(=O)C(=O)N(CCCN3CCOCC3)C23C(=O)N(C)c2ccccc23)cc1. The van der Waals surface area contributed by atoms with Crippen molar-refractivity contribution in [2.75, 3.05) is 57.9 Å². The van der Waals surface area contributed by atoms with Crippen molar-refractivity contribution >= 4 is 29.0 Å². The van der Waals surface area contributed by atoms with Gasteiger partial charge in [0.1, 0.15) is 11.5 Å². The predicted octanol–water partition coefficient (Wildman–Crippen LogP) is 2.75.